The third-order valence-electron chi connectivity index (χ3n) is 3.01. The van der Waals surface area contributed by atoms with Crippen LogP contribution in [0, 0.1) is 17.5 Å². The number of nitrogens with one attached hydrogen (secondary N) is 2. The number of carbonyl (C=O) groups excluding carboxylic acids is 1. The van der Waals surface area contributed by atoms with Crippen LogP contribution in [0.2, 0.25) is 0 Å². The molecule has 0 amide bonds. The van der Waals surface area contributed by atoms with Gasteiger partial charge in [-0.2, -0.15) is 0 Å². The van der Waals surface area contributed by atoms with Crippen molar-refractivity contribution in [3.8, 4) is 0 Å². The van der Waals surface area contributed by atoms with Crippen LogP contribution in [0.4, 0.5) is 13.2 Å². The Kier molecular flexibility index (Phi) is 2.90. The predicted molar refractivity (Wildman–Crippen MR) is 68.7 cm³/mol. The molecule has 0 radical (unpaired) electrons. The van der Waals surface area contributed by atoms with Gasteiger partial charge in [0, 0.05) is 17.7 Å². The van der Waals surface area contributed by atoms with E-state index in [0.717, 1.165) is 0 Å². The lowest BCUT2D eigenvalue weighted by molar-refractivity contribution is 0.103. The standard InChI is InChI=1S/C14H7F3N2O2/c15-7-4-8(16)12(9(17)5-7)13(20)6-1-2-10-11(3-6)19-14(21)18-10/h1-5H,(H2,18,19,21). The first-order chi connectivity index (χ1) is 9.95. The first kappa shape index (κ1) is 13.2. The van der Waals surface area contributed by atoms with Gasteiger partial charge in [-0.15, -0.1) is 0 Å². The van der Waals surface area contributed by atoms with E-state index in [2.05, 4.69) is 9.97 Å². The molecule has 0 aliphatic rings. The Morgan fingerprint density at radius 3 is 2.19 bits per heavy atom. The molecule has 21 heavy (non-hydrogen) atoms. The lowest BCUT2D eigenvalue weighted by Gasteiger charge is -2.05. The normalized spacial score (nSPS) is 11.0. The Morgan fingerprint density at radius 2 is 1.52 bits per heavy atom. The molecule has 106 valence electrons. The Labute approximate surface area is 115 Å². The summed E-state index contributed by atoms with van der Waals surface area (Å²) in [5.74, 6) is -4.60. The van der Waals surface area contributed by atoms with Crippen molar-refractivity contribution >= 4 is 16.8 Å². The van der Waals surface area contributed by atoms with Crippen LogP contribution in [0.3, 0.4) is 0 Å². The highest BCUT2D eigenvalue weighted by Crippen LogP contribution is 2.20. The van der Waals surface area contributed by atoms with Crippen LogP contribution >= 0.6 is 0 Å². The summed E-state index contributed by atoms with van der Waals surface area (Å²) in [4.78, 5) is 28.2. The minimum Gasteiger partial charge on any atom is -0.306 e. The summed E-state index contributed by atoms with van der Waals surface area (Å²) in [5, 5.41) is 0. The minimum absolute atomic E-state index is 0.0258. The predicted octanol–water partition coefficient (Wildman–Crippen LogP) is 2.50. The molecule has 1 heterocycles. The number of aromatic nitrogens is 2. The lowest BCUT2D eigenvalue weighted by Crippen LogP contribution is -2.08. The zero-order valence-electron chi connectivity index (χ0n) is 10.3. The average Bonchev–Trinajstić information content (AvgIpc) is 2.76. The van der Waals surface area contributed by atoms with Gasteiger partial charge in [0.1, 0.15) is 17.5 Å². The van der Waals surface area contributed by atoms with Gasteiger partial charge in [-0.05, 0) is 18.2 Å². The summed E-state index contributed by atoms with van der Waals surface area (Å²) in [6.45, 7) is 0. The van der Waals surface area contributed by atoms with E-state index in [4.69, 9.17) is 0 Å². The molecule has 0 bridgehead atoms. The highest BCUT2D eigenvalue weighted by Gasteiger charge is 2.20. The summed E-state index contributed by atoms with van der Waals surface area (Å²) >= 11 is 0. The van der Waals surface area contributed by atoms with Crippen molar-refractivity contribution in [2.45, 2.75) is 0 Å². The Bertz CT molecular complexity index is 904. The van der Waals surface area contributed by atoms with E-state index in [-0.39, 0.29) is 5.56 Å². The monoisotopic (exact) mass is 292 g/mol. The van der Waals surface area contributed by atoms with Gasteiger partial charge in [0.15, 0.2) is 5.78 Å². The second kappa shape index (κ2) is 4.62. The molecule has 2 aromatic carbocycles. The fourth-order valence-corrected chi connectivity index (χ4v) is 2.08. The van der Waals surface area contributed by atoms with Crippen molar-refractivity contribution in [1.82, 2.24) is 9.97 Å². The fraction of sp³-hybridized carbons (Fsp3) is 0. The Morgan fingerprint density at radius 1 is 0.905 bits per heavy atom. The molecule has 0 unspecified atom stereocenters. The number of hydrogen-bond donors (Lipinski definition) is 2. The number of hydrogen-bond acceptors (Lipinski definition) is 2. The van der Waals surface area contributed by atoms with Crippen LogP contribution in [0.15, 0.2) is 35.1 Å². The summed E-state index contributed by atoms with van der Waals surface area (Å²) in [7, 11) is 0. The molecule has 0 spiro atoms. The van der Waals surface area contributed by atoms with Gasteiger partial charge < -0.3 is 9.97 Å². The molecule has 0 aliphatic carbocycles. The van der Waals surface area contributed by atoms with Crippen molar-refractivity contribution in [2.24, 2.45) is 0 Å². The van der Waals surface area contributed by atoms with E-state index >= 15 is 0 Å². The highest BCUT2D eigenvalue weighted by molar-refractivity contribution is 6.10. The van der Waals surface area contributed by atoms with E-state index in [9.17, 15) is 22.8 Å². The van der Waals surface area contributed by atoms with Crippen molar-refractivity contribution in [3.63, 3.8) is 0 Å². The van der Waals surface area contributed by atoms with Crippen LogP contribution in [-0.2, 0) is 0 Å². The molecule has 0 aliphatic heterocycles. The molecule has 7 heteroatoms. The average molecular weight is 292 g/mol. The number of H-pyrrole nitrogens is 2. The molecule has 3 rings (SSSR count). The number of rotatable bonds is 2. The van der Waals surface area contributed by atoms with Crippen molar-refractivity contribution in [3.05, 3.63) is 69.4 Å². The summed E-state index contributed by atoms with van der Waals surface area (Å²) in [6.07, 6.45) is 0. The van der Waals surface area contributed by atoms with Gasteiger partial charge in [0.25, 0.3) is 0 Å². The number of aromatic amines is 2. The second-order valence-electron chi connectivity index (χ2n) is 4.41. The maximum absolute atomic E-state index is 13.6. The van der Waals surface area contributed by atoms with Crippen LogP contribution in [0.25, 0.3) is 11.0 Å². The summed E-state index contributed by atoms with van der Waals surface area (Å²) in [5.41, 5.74) is -0.546. The Hall–Kier alpha value is -2.83. The van der Waals surface area contributed by atoms with Crippen LogP contribution in [0.1, 0.15) is 15.9 Å². The van der Waals surface area contributed by atoms with Gasteiger partial charge in [-0.3, -0.25) is 4.79 Å². The quantitative estimate of drug-likeness (QED) is 0.713. The van der Waals surface area contributed by atoms with Crippen molar-refractivity contribution < 1.29 is 18.0 Å². The molecule has 0 atom stereocenters. The fourth-order valence-electron chi connectivity index (χ4n) is 2.08. The molecule has 2 N–H and O–H groups in total. The topological polar surface area (TPSA) is 65.7 Å². The van der Waals surface area contributed by atoms with E-state index in [1.165, 1.54) is 18.2 Å². The van der Waals surface area contributed by atoms with Gasteiger partial charge in [-0.25, -0.2) is 18.0 Å². The molecule has 3 aromatic rings. The molecule has 0 saturated carbocycles. The smallest absolute Gasteiger partial charge is 0.306 e. The maximum Gasteiger partial charge on any atom is 0.323 e. The number of imidazole rings is 1. The van der Waals surface area contributed by atoms with Gasteiger partial charge in [0.05, 0.1) is 16.6 Å². The molecule has 4 nitrogen and oxygen atoms in total. The zero-order chi connectivity index (χ0) is 15.1. The van der Waals surface area contributed by atoms with E-state index in [1.54, 1.807) is 0 Å². The molecular weight excluding hydrogens is 285 g/mol. The first-order valence-electron chi connectivity index (χ1n) is 5.87. The third-order valence-corrected chi connectivity index (χ3v) is 3.01. The second-order valence-corrected chi connectivity index (χ2v) is 4.41. The van der Waals surface area contributed by atoms with E-state index < -0.39 is 34.5 Å². The van der Waals surface area contributed by atoms with Crippen LogP contribution in [0.5, 0.6) is 0 Å². The van der Waals surface area contributed by atoms with E-state index in [0.29, 0.717) is 23.2 Å². The lowest BCUT2D eigenvalue weighted by atomic mass is 10.0. The Balaban J connectivity index is 2.14. The summed E-state index contributed by atoms with van der Waals surface area (Å²) < 4.78 is 40.1. The SMILES string of the molecule is O=C(c1ccc2[nH]c(=O)[nH]c2c1)c1c(F)cc(F)cc1F. The third kappa shape index (κ3) is 2.22. The van der Waals surface area contributed by atoms with Crippen molar-refractivity contribution in [1.29, 1.82) is 0 Å². The summed E-state index contributed by atoms with van der Waals surface area (Å²) in [6, 6.07) is 4.91. The maximum atomic E-state index is 13.6. The molecule has 1 aromatic heterocycles. The minimum atomic E-state index is -1.28. The first-order valence-corrected chi connectivity index (χ1v) is 5.87. The van der Waals surface area contributed by atoms with Crippen LogP contribution in [-0.4, -0.2) is 15.8 Å². The largest absolute Gasteiger partial charge is 0.323 e. The number of ketones is 1. The van der Waals surface area contributed by atoms with Gasteiger partial charge >= 0.3 is 5.69 Å². The molecular formula is C14H7F3N2O2. The molecule has 0 saturated heterocycles. The number of carbonyl (C=O) groups is 1. The number of fused-ring (bicyclic) bond motifs is 1. The van der Waals surface area contributed by atoms with E-state index in [1.807, 2.05) is 0 Å². The van der Waals surface area contributed by atoms with Crippen LogP contribution < -0.4 is 5.69 Å². The highest BCUT2D eigenvalue weighted by atomic mass is 19.1. The van der Waals surface area contributed by atoms with Gasteiger partial charge in [-0.1, -0.05) is 0 Å². The number of benzene rings is 2. The van der Waals surface area contributed by atoms with Crippen molar-refractivity contribution in [2.75, 3.05) is 0 Å². The molecule has 0 fully saturated rings. The number of halogens is 3. The van der Waals surface area contributed by atoms with Gasteiger partial charge in [0.2, 0.25) is 0 Å². The zero-order valence-corrected chi connectivity index (χ0v) is 10.3.